The van der Waals surface area contributed by atoms with Gasteiger partial charge in [-0.15, -0.1) is 0 Å². The Morgan fingerprint density at radius 1 is 1.71 bits per heavy atom. The van der Waals surface area contributed by atoms with Gasteiger partial charge in [0.1, 0.15) is 6.26 Å². The lowest BCUT2D eigenvalue weighted by Gasteiger charge is -2.36. The maximum Gasteiger partial charge on any atom is 0.301 e. The Labute approximate surface area is 81.9 Å². The van der Waals surface area contributed by atoms with Crippen LogP contribution < -0.4 is 10.6 Å². The summed E-state index contributed by atoms with van der Waals surface area (Å²) in [5.74, 6) is -0.0434. The molecule has 1 aromatic rings. The van der Waals surface area contributed by atoms with E-state index in [2.05, 4.69) is 15.6 Å². The molecular formula is C9H13N3O2. The lowest BCUT2D eigenvalue weighted by atomic mass is 9.83. The van der Waals surface area contributed by atoms with Gasteiger partial charge in [-0.05, 0) is 13.8 Å². The number of amides is 1. The molecule has 1 amide bonds. The maximum absolute atomic E-state index is 11.7. The first-order chi connectivity index (χ1) is 6.60. The van der Waals surface area contributed by atoms with Crippen LogP contribution in [0.5, 0.6) is 0 Å². The van der Waals surface area contributed by atoms with Crippen molar-refractivity contribution in [2.75, 3.05) is 18.4 Å². The summed E-state index contributed by atoms with van der Waals surface area (Å²) < 4.78 is 5.04. The van der Waals surface area contributed by atoms with Gasteiger partial charge in [0.05, 0.1) is 11.1 Å². The highest BCUT2D eigenvalue weighted by Gasteiger charge is 2.39. The Balaban J connectivity index is 2.01. The first kappa shape index (κ1) is 9.21. The zero-order valence-electron chi connectivity index (χ0n) is 8.26. The molecule has 76 valence electrons. The summed E-state index contributed by atoms with van der Waals surface area (Å²) in [5.41, 5.74) is 0.444. The Morgan fingerprint density at radius 3 is 2.86 bits per heavy atom. The fourth-order valence-electron chi connectivity index (χ4n) is 1.32. The lowest BCUT2D eigenvalue weighted by molar-refractivity contribution is -0.127. The third kappa shape index (κ3) is 1.50. The van der Waals surface area contributed by atoms with Crippen LogP contribution in [0.4, 0.5) is 6.01 Å². The van der Waals surface area contributed by atoms with Gasteiger partial charge in [0.2, 0.25) is 5.91 Å². The van der Waals surface area contributed by atoms with Crippen molar-refractivity contribution in [3.8, 4) is 0 Å². The van der Waals surface area contributed by atoms with Gasteiger partial charge in [0, 0.05) is 13.1 Å². The Kier molecular flexibility index (Phi) is 2.03. The Bertz CT molecular complexity index is 355. The second-order valence-corrected chi connectivity index (χ2v) is 3.91. The summed E-state index contributed by atoms with van der Waals surface area (Å²) in [7, 11) is 0. The molecule has 0 spiro atoms. The summed E-state index contributed by atoms with van der Waals surface area (Å²) in [6.45, 7) is 5.14. The summed E-state index contributed by atoms with van der Waals surface area (Å²) >= 11 is 0. The van der Waals surface area contributed by atoms with Crippen LogP contribution in [-0.4, -0.2) is 24.0 Å². The van der Waals surface area contributed by atoms with E-state index in [1.165, 1.54) is 6.26 Å². The predicted octanol–water partition coefficient (Wildman–Crippen LogP) is 0.531. The smallest absolute Gasteiger partial charge is 0.301 e. The van der Waals surface area contributed by atoms with Crippen LogP contribution in [-0.2, 0) is 4.79 Å². The lowest BCUT2D eigenvalue weighted by Crippen LogP contribution is -2.58. The summed E-state index contributed by atoms with van der Waals surface area (Å²) in [5, 5.41) is 5.71. The van der Waals surface area contributed by atoms with Gasteiger partial charge in [0.15, 0.2) is 0 Å². The van der Waals surface area contributed by atoms with E-state index in [4.69, 9.17) is 4.42 Å². The highest BCUT2D eigenvalue weighted by atomic mass is 16.4. The number of aryl methyl sites for hydroxylation is 1. The van der Waals surface area contributed by atoms with Gasteiger partial charge >= 0.3 is 6.01 Å². The molecule has 1 saturated heterocycles. The van der Waals surface area contributed by atoms with Crippen molar-refractivity contribution in [3.63, 3.8) is 0 Å². The maximum atomic E-state index is 11.7. The van der Waals surface area contributed by atoms with Gasteiger partial charge in [-0.2, -0.15) is 4.98 Å². The molecule has 0 aromatic carbocycles. The molecule has 0 atom stereocenters. The minimum atomic E-state index is -0.317. The highest BCUT2D eigenvalue weighted by Crippen LogP contribution is 2.23. The average molecular weight is 195 g/mol. The second-order valence-electron chi connectivity index (χ2n) is 3.91. The molecule has 2 rings (SSSR count). The molecular weight excluding hydrogens is 182 g/mol. The van der Waals surface area contributed by atoms with Gasteiger partial charge < -0.3 is 9.73 Å². The predicted molar refractivity (Wildman–Crippen MR) is 50.8 cm³/mol. The molecule has 1 aliphatic heterocycles. The average Bonchev–Trinajstić information content (AvgIpc) is 2.47. The standard InChI is InChI=1S/C9H13N3O2/c1-6-3-14-8(11-6)12-7(13)9(2)4-10-5-9/h3,10H,4-5H2,1-2H3,(H,11,12,13). The molecule has 1 aromatic heterocycles. The van der Waals surface area contributed by atoms with Crippen LogP contribution >= 0.6 is 0 Å². The van der Waals surface area contributed by atoms with Crippen LogP contribution in [0.2, 0.25) is 0 Å². The first-order valence-corrected chi connectivity index (χ1v) is 4.54. The van der Waals surface area contributed by atoms with E-state index in [9.17, 15) is 4.79 Å². The third-order valence-corrected chi connectivity index (χ3v) is 2.42. The second kappa shape index (κ2) is 3.09. The van der Waals surface area contributed by atoms with Gasteiger partial charge in [-0.25, -0.2) is 0 Å². The zero-order valence-corrected chi connectivity index (χ0v) is 8.26. The zero-order chi connectivity index (χ0) is 10.2. The summed E-state index contributed by atoms with van der Waals surface area (Å²) in [6, 6.07) is 0.278. The summed E-state index contributed by atoms with van der Waals surface area (Å²) in [4.78, 5) is 15.7. The van der Waals surface area contributed by atoms with Crippen molar-refractivity contribution in [1.29, 1.82) is 0 Å². The van der Waals surface area contributed by atoms with Crippen molar-refractivity contribution in [2.24, 2.45) is 5.41 Å². The van der Waals surface area contributed by atoms with E-state index in [1.54, 1.807) is 0 Å². The molecule has 1 aliphatic rings. The fraction of sp³-hybridized carbons (Fsp3) is 0.556. The fourth-order valence-corrected chi connectivity index (χ4v) is 1.32. The molecule has 5 heteroatoms. The molecule has 0 unspecified atom stereocenters. The van der Waals surface area contributed by atoms with Crippen LogP contribution in [0, 0.1) is 12.3 Å². The number of nitrogens with zero attached hydrogens (tertiary/aromatic N) is 1. The number of oxazole rings is 1. The number of carbonyl (C=O) groups excluding carboxylic acids is 1. The van der Waals surface area contributed by atoms with Crippen LogP contribution in [0.15, 0.2) is 10.7 Å². The molecule has 0 radical (unpaired) electrons. The molecule has 5 nitrogen and oxygen atoms in total. The topological polar surface area (TPSA) is 67.2 Å². The number of hydrogen-bond acceptors (Lipinski definition) is 4. The van der Waals surface area contributed by atoms with E-state index in [-0.39, 0.29) is 17.3 Å². The van der Waals surface area contributed by atoms with Gasteiger partial charge in [-0.1, -0.05) is 0 Å². The molecule has 0 saturated carbocycles. The van der Waals surface area contributed by atoms with Crippen molar-refractivity contribution < 1.29 is 9.21 Å². The van der Waals surface area contributed by atoms with Crippen molar-refractivity contribution in [2.45, 2.75) is 13.8 Å². The molecule has 0 bridgehead atoms. The van der Waals surface area contributed by atoms with E-state index in [1.807, 2.05) is 13.8 Å². The van der Waals surface area contributed by atoms with Crippen LogP contribution in [0.1, 0.15) is 12.6 Å². The van der Waals surface area contributed by atoms with Crippen molar-refractivity contribution in [1.82, 2.24) is 10.3 Å². The quantitative estimate of drug-likeness (QED) is 0.722. The van der Waals surface area contributed by atoms with Crippen molar-refractivity contribution in [3.05, 3.63) is 12.0 Å². The normalized spacial score (nSPS) is 18.7. The Morgan fingerprint density at radius 2 is 2.43 bits per heavy atom. The molecule has 0 aliphatic carbocycles. The minimum absolute atomic E-state index is 0.0434. The highest BCUT2D eigenvalue weighted by molar-refractivity contribution is 5.94. The number of hydrogen-bond donors (Lipinski definition) is 2. The number of rotatable bonds is 2. The number of carbonyl (C=O) groups is 1. The van der Waals surface area contributed by atoms with Crippen molar-refractivity contribution >= 4 is 11.9 Å². The van der Waals surface area contributed by atoms with Crippen LogP contribution in [0.3, 0.4) is 0 Å². The number of nitrogens with one attached hydrogen (secondary N) is 2. The minimum Gasteiger partial charge on any atom is -0.432 e. The third-order valence-electron chi connectivity index (χ3n) is 2.42. The Hall–Kier alpha value is -1.36. The SMILES string of the molecule is Cc1coc(NC(=O)C2(C)CNC2)n1. The molecule has 2 heterocycles. The largest absolute Gasteiger partial charge is 0.432 e. The summed E-state index contributed by atoms with van der Waals surface area (Å²) in [6.07, 6.45) is 1.51. The van der Waals surface area contributed by atoms with Gasteiger partial charge in [-0.3, -0.25) is 10.1 Å². The van der Waals surface area contributed by atoms with E-state index in [0.29, 0.717) is 13.1 Å². The number of aromatic nitrogens is 1. The molecule has 1 fully saturated rings. The first-order valence-electron chi connectivity index (χ1n) is 4.54. The molecule has 14 heavy (non-hydrogen) atoms. The van der Waals surface area contributed by atoms with E-state index < -0.39 is 0 Å². The van der Waals surface area contributed by atoms with Gasteiger partial charge in [0.25, 0.3) is 0 Å². The van der Waals surface area contributed by atoms with E-state index in [0.717, 1.165) is 5.69 Å². The van der Waals surface area contributed by atoms with Crippen LogP contribution in [0.25, 0.3) is 0 Å². The molecule has 2 N–H and O–H groups in total. The monoisotopic (exact) mass is 195 g/mol. The van der Waals surface area contributed by atoms with E-state index >= 15 is 0 Å². The number of anilines is 1.